The zero-order valence-corrected chi connectivity index (χ0v) is 17.7. The number of carboxylic acid groups (broad SMARTS) is 1. The minimum absolute atomic E-state index is 0.0928. The molecule has 0 amide bonds. The molecule has 0 fully saturated rings. The highest BCUT2D eigenvalue weighted by Gasteiger charge is 2.36. The van der Waals surface area contributed by atoms with E-state index >= 15 is 0 Å². The molecule has 33 heavy (non-hydrogen) atoms. The third-order valence-corrected chi connectivity index (χ3v) is 5.01. The molecule has 0 unspecified atom stereocenters. The van der Waals surface area contributed by atoms with Crippen molar-refractivity contribution in [3.63, 3.8) is 0 Å². The van der Waals surface area contributed by atoms with E-state index in [-0.39, 0.29) is 18.8 Å². The first-order valence-electron chi connectivity index (χ1n) is 10.4. The van der Waals surface area contributed by atoms with Gasteiger partial charge >= 0.3 is 12.1 Å². The first kappa shape index (κ1) is 23.9. The minimum atomic E-state index is -4.60. The monoisotopic (exact) mass is 457 g/mol. The lowest BCUT2D eigenvalue weighted by atomic mass is 10.1. The molecule has 0 bridgehead atoms. The van der Waals surface area contributed by atoms with Crippen molar-refractivity contribution in [1.82, 2.24) is 9.55 Å². The summed E-state index contributed by atoms with van der Waals surface area (Å²) in [5, 5.41) is 17.7. The molecule has 172 valence electrons. The van der Waals surface area contributed by atoms with Gasteiger partial charge in [0, 0.05) is 17.5 Å². The van der Waals surface area contributed by atoms with Crippen molar-refractivity contribution in [1.29, 1.82) is 5.26 Å². The van der Waals surface area contributed by atoms with Gasteiger partial charge in [0.1, 0.15) is 17.3 Å². The van der Waals surface area contributed by atoms with Crippen molar-refractivity contribution in [3.8, 4) is 23.2 Å². The number of aliphatic carboxylic acids is 1. The van der Waals surface area contributed by atoms with Gasteiger partial charge in [-0.05, 0) is 49.6 Å². The second kappa shape index (κ2) is 10.7. The Labute approximate surface area is 188 Å². The Balaban J connectivity index is 1.83. The molecule has 0 aliphatic carbocycles. The number of nitrogens with zero attached hydrogens (tertiary/aromatic N) is 3. The number of carbonyl (C=O) groups is 1. The molecular formula is C24H22F3N3O3. The fourth-order valence-electron chi connectivity index (χ4n) is 3.37. The summed E-state index contributed by atoms with van der Waals surface area (Å²) >= 11 is 0. The van der Waals surface area contributed by atoms with Crippen molar-refractivity contribution < 1.29 is 27.8 Å². The fraction of sp³-hybridized carbons (Fsp3) is 0.292. The van der Waals surface area contributed by atoms with Crippen LogP contribution in [0.1, 0.15) is 42.5 Å². The number of hydrogen-bond acceptors (Lipinski definition) is 4. The van der Waals surface area contributed by atoms with Crippen molar-refractivity contribution in [2.75, 3.05) is 6.61 Å². The Hall–Kier alpha value is -3.80. The van der Waals surface area contributed by atoms with E-state index in [1.54, 1.807) is 36.4 Å². The SMILES string of the molecule is N#Cc1ccc(-c2ncc(C(F)(F)F)n2Cc2ccccc2OCCCCCC(=O)O)cc1. The predicted molar refractivity (Wildman–Crippen MR) is 115 cm³/mol. The number of para-hydroxylation sites is 1. The van der Waals surface area contributed by atoms with Gasteiger partial charge in [0.2, 0.25) is 0 Å². The molecule has 9 heteroatoms. The van der Waals surface area contributed by atoms with Crippen LogP contribution in [0.25, 0.3) is 11.4 Å². The number of aromatic nitrogens is 2. The van der Waals surface area contributed by atoms with Crippen LogP contribution >= 0.6 is 0 Å². The van der Waals surface area contributed by atoms with Gasteiger partial charge in [0.25, 0.3) is 0 Å². The van der Waals surface area contributed by atoms with Crippen LogP contribution in [0, 0.1) is 11.3 Å². The van der Waals surface area contributed by atoms with Gasteiger partial charge in [-0.15, -0.1) is 0 Å². The standard InChI is InChI=1S/C24H22F3N3O3/c25-24(26,27)21-15-29-23(18-11-9-17(14-28)10-12-18)30(21)16-19-6-3-4-7-20(19)33-13-5-1-2-8-22(31)32/h3-4,6-7,9-12,15H,1-2,5,8,13,16H2,(H,31,32). The highest BCUT2D eigenvalue weighted by Crippen LogP contribution is 2.34. The summed E-state index contributed by atoms with van der Waals surface area (Å²) < 4.78 is 48.0. The quantitative estimate of drug-likeness (QED) is 0.406. The Kier molecular flexibility index (Phi) is 7.72. The Morgan fingerprint density at radius 2 is 1.82 bits per heavy atom. The molecular weight excluding hydrogens is 435 g/mol. The zero-order chi connectivity index (χ0) is 23.8. The predicted octanol–water partition coefficient (Wildman–Crippen LogP) is 5.51. The van der Waals surface area contributed by atoms with E-state index in [0.29, 0.717) is 48.3 Å². The first-order valence-corrected chi connectivity index (χ1v) is 10.4. The van der Waals surface area contributed by atoms with Gasteiger partial charge in [0.15, 0.2) is 0 Å². The van der Waals surface area contributed by atoms with Crippen molar-refractivity contribution in [2.45, 2.75) is 38.4 Å². The summed E-state index contributed by atoms with van der Waals surface area (Å²) in [5.74, 6) is -0.251. The molecule has 0 aliphatic heterocycles. The van der Waals surface area contributed by atoms with E-state index in [1.165, 1.54) is 12.1 Å². The number of imidazole rings is 1. The van der Waals surface area contributed by atoms with Crippen molar-refractivity contribution in [2.24, 2.45) is 0 Å². The van der Waals surface area contributed by atoms with Gasteiger partial charge in [-0.25, -0.2) is 4.98 Å². The molecule has 1 N–H and O–H groups in total. The summed E-state index contributed by atoms with van der Waals surface area (Å²) in [6.07, 6.45) is -1.85. The second-order valence-corrected chi connectivity index (χ2v) is 7.40. The third kappa shape index (κ3) is 6.35. The van der Waals surface area contributed by atoms with Crippen molar-refractivity contribution in [3.05, 3.63) is 71.5 Å². The normalized spacial score (nSPS) is 11.2. The Morgan fingerprint density at radius 1 is 1.09 bits per heavy atom. The second-order valence-electron chi connectivity index (χ2n) is 7.40. The van der Waals surface area contributed by atoms with Crippen LogP contribution in [-0.2, 0) is 17.5 Å². The molecule has 0 saturated carbocycles. The Bertz CT molecular complexity index is 1130. The summed E-state index contributed by atoms with van der Waals surface area (Å²) in [7, 11) is 0. The highest BCUT2D eigenvalue weighted by atomic mass is 19.4. The van der Waals surface area contributed by atoms with Crippen LogP contribution in [-0.4, -0.2) is 27.2 Å². The summed E-state index contributed by atoms with van der Waals surface area (Å²) in [6.45, 7) is 0.217. The number of hydrogen-bond donors (Lipinski definition) is 1. The van der Waals surface area contributed by atoms with E-state index in [2.05, 4.69) is 4.98 Å². The van der Waals surface area contributed by atoms with Gasteiger partial charge in [0.05, 0.1) is 31.0 Å². The minimum Gasteiger partial charge on any atom is -0.493 e. The number of halogens is 3. The van der Waals surface area contributed by atoms with Crippen LogP contribution in [0.2, 0.25) is 0 Å². The highest BCUT2D eigenvalue weighted by molar-refractivity contribution is 5.66. The summed E-state index contributed by atoms with van der Waals surface area (Å²) in [5.41, 5.74) is 0.531. The average Bonchev–Trinajstić information content (AvgIpc) is 3.21. The third-order valence-electron chi connectivity index (χ3n) is 5.01. The topological polar surface area (TPSA) is 88.1 Å². The molecule has 0 radical (unpaired) electrons. The smallest absolute Gasteiger partial charge is 0.433 e. The van der Waals surface area contributed by atoms with Gasteiger partial charge in [-0.3, -0.25) is 4.79 Å². The molecule has 1 aromatic heterocycles. The van der Waals surface area contributed by atoms with E-state index in [1.807, 2.05) is 6.07 Å². The van der Waals surface area contributed by atoms with E-state index in [4.69, 9.17) is 15.1 Å². The van der Waals surface area contributed by atoms with E-state index in [0.717, 1.165) is 10.8 Å². The largest absolute Gasteiger partial charge is 0.493 e. The van der Waals surface area contributed by atoms with Crippen molar-refractivity contribution >= 4 is 5.97 Å². The molecule has 3 rings (SSSR count). The van der Waals surface area contributed by atoms with Gasteiger partial charge < -0.3 is 14.4 Å². The van der Waals surface area contributed by atoms with Crippen LogP contribution in [0.3, 0.4) is 0 Å². The number of ether oxygens (including phenoxy) is 1. The first-order chi connectivity index (χ1) is 15.8. The number of benzene rings is 2. The summed E-state index contributed by atoms with van der Waals surface area (Å²) in [6, 6.07) is 15.0. The summed E-state index contributed by atoms with van der Waals surface area (Å²) in [4.78, 5) is 14.6. The molecule has 0 saturated heterocycles. The molecule has 2 aromatic carbocycles. The van der Waals surface area contributed by atoms with Gasteiger partial charge in [-0.2, -0.15) is 18.4 Å². The maximum Gasteiger partial charge on any atom is 0.433 e. The number of alkyl halides is 3. The van der Waals surface area contributed by atoms with E-state index < -0.39 is 17.8 Å². The fourth-order valence-corrected chi connectivity index (χ4v) is 3.37. The lowest BCUT2D eigenvalue weighted by molar-refractivity contribution is -0.143. The molecule has 0 aliphatic rings. The number of rotatable bonds is 10. The van der Waals surface area contributed by atoms with Crippen LogP contribution < -0.4 is 4.74 Å². The Morgan fingerprint density at radius 3 is 2.48 bits per heavy atom. The van der Waals surface area contributed by atoms with E-state index in [9.17, 15) is 18.0 Å². The van der Waals surface area contributed by atoms with Crippen LogP contribution in [0.4, 0.5) is 13.2 Å². The lowest BCUT2D eigenvalue weighted by Crippen LogP contribution is -2.15. The van der Waals surface area contributed by atoms with Gasteiger partial charge in [-0.1, -0.05) is 18.2 Å². The average molecular weight is 457 g/mol. The molecule has 6 nitrogen and oxygen atoms in total. The molecule has 0 atom stereocenters. The maximum absolute atomic E-state index is 13.7. The molecule has 0 spiro atoms. The maximum atomic E-state index is 13.7. The molecule has 3 aromatic rings. The number of nitriles is 1. The lowest BCUT2D eigenvalue weighted by Gasteiger charge is -2.17. The van der Waals surface area contributed by atoms with Crippen LogP contribution in [0.5, 0.6) is 5.75 Å². The van der Waals surface area contributed by atoms with Crippen LogP contribution in [0.15, 0.2) is 54.7 Å². The molecule has 1 heterocycles. The number of carboxylic acids is 1. The zero-order valence-electron chi connectivity index (χ0n) is 17.7. The number of unbranched alkanes of at least 4 members (excludes halogenated alkanes) is 2.